The van der Waals surface area contributed by atoms with Gasteiger partial charge in [-0.05, 0) is 27.2 Å². The van der Waals surface area contributed by atoms with Gasteiger partial charge >= 0.3 is 0 Å². The molecule has 1 amide bonds. The number of amides is 1. The van der Waals surface area contributed by atoms with Gasteiger partial charge in [0.25, 0.3) is 0 Å². The number of rotatable bonds is 9. The highest BCUT2D eigenvalue weighted by Gasteiger charge is 2.20. The van der Waals surface area contributed by atoms with Crippen molar-refractivity contribution in [2.24, 2.45) is 0 Å². The predicted molar refractivity (Wildman–Crippen MR) is 68.1 cm³/mol. The molecule has 0 spiro atoms. The summed E-state index contributed by atoms with van der Waals surface area (Å²) >= 11 is 0. The molecule has 0 aliphatic carbocycles. The minimum Gasteiger partial charge on any atom is -0.383 e. The highest BCUT2D eigenvalue weighted by Crippen LogP contribution is 2.14. The Morgan fingerprint density at radius 3 is 2.53 bits per heavy atom. The van der Waals surface area contributed by atoms with E-state index < -0.39 is 0 Å². The first-order valence-electron chi connectivity index (χ1n) is 5.95. The highest BCUT2D eigenvalue weighted by molar-refractivity contribution is 5.77. The fraction of sp³-hybridized carbons (Fsp3) is 0.917. The standard InChI is InChI=1S/C12H26N2O3/c1-10(8-12(2,3)17-5)14-9-11(15)13-6-7-16-4/h10,14H,6-9H2,1-5H3,(H,13,15). The Labute approximate surface area is 104 Å². The molecule has 17 heavy (non-hydrogen) atoms. The van der Waals surface area contributed by atoms with Crippen LogP contribution in [0.1, 0.15) is 27.2 Å². The molecule has 0 fully saturated rings. The van der Waals surface area contributed by atoms with Crippen molar-refractivity contribution in [3.63, 3.8) is 0 Å². The van der Waals surface area contributed by atoms with Crippen molar-refractivity contribution in [1.29, 1.82) is 0 Å². The molecule has 1 atom stereocenters. The van der Waals surface area contributed by atoms with Crippen LogP contribution in [0.2, 0.25) is 0 Å². The molecule has 0 bridgehead atoms. The van der Waals surface area contributed by atoms with E-state index in [0.29, 0.717) is 19.7 Å². The van der Waals surface area contributed by atoms with Gasteiger partial charge in [-0.2, -0.15) is 0 Å². The van der Waals surface area contributed by atoms with Crippen LogP contribution in [0.3, 0.4) is 0 Å². The maximum atomic E-state index is 11.4. The zero-order chi connectivity index (χ0) is 13.3. The zero-order valence-corrected chi connectivity index (χ0v) is 11.6. The molecule has 0 radical (unpaired) electrons. The molecule has 0 aromatic rings. The molecule has 5 nitrogen and oxygen atoms in total. The fourth-order valence-corrected chi connectivity index (χ4v) is 1.51. The van der Waals surface area contributed by atoms with E-state index >= 15 is 0 Å². The van der Waals surface area contributed by atoms with Crippen molar-refractivity contribution in [2.45, 2.75) is 38.8 Å². The summed E-state index contributed by atoms with van der Waals surface area (Å²) < 4.78 is 10.2. The van der Waals surface area contributed by atoms with Crippen LogP contribution in [0, 0.1) is 0 Å². The molecular formula is C12H26N2O3. The zero-order valence-electron chi connectivity index (χ0n) is 11.6. The molecule has 102 valence electrons. The molecule has 0 saturated carbocycles. The van der Waals surface area contributed by atoms with Crippen molar-refractivity contribution in [3.8, 4) is 0 Å². The van der Waals surface area contributed by atoms with Gasteiger partial charge in [0.15, 0.2) is 0 Å². The number of carbonyl (C=O) groups is 1. The van der Waals surface area contributed by atoms with Gasteiger partial charge in [-0.15, -0.1) is 0 Å². The molecule has 0 heterocycles. The van der Waals surface area contributed by atoms with Crippen LogP contribution in [0.25, 0.3) is 0 Å². The van der Waals surface area contributed by atoms with Gasteiger partial charge in [-0.1, -0.05) is 0 Å². The Morgan fingerprint density at radius 2 is 2.00 bits per heavy atom. The molecule has 5 heteroatoms. The van der Waals surface area contributed by atoms with Gasteiger partial charge < -0.3 is 20.1 Å². The van der Waals surface area contributed by atoms with Crippen molar-refractivity contribution < 1.29 is 14.3 Å². The normalized spacial score (nSPS) is 13.5. The lowest BCUT2D eigenvalue weighted by Gasteiger charge is -2.27. The molecule has 2 N–H and O–H groups in total. The van der Waals surface area contributed by atoms with Crippen LogP contribution in [-0.2, 0) is 14.3 Å². The number of nitrogens with one attached hydrogen (secondary N) is 2. The van der Waals surface area contributed by atoms with Crippen molar-refractivity contribution in [3.05, 3.63) is 0 Å². The van der Waals surface area contributed by atoms with Gasteiger partial charge in [-0.25, -0.2) is 0 Å². The smallest absolute Gasteiger partial charge is 0.234 e. The second kappa shape index (κ2) is 8.44. The number of ether oxygens (including phenoxy) is 2. The van der Waals surface area contributed by atoms with E-state index in [4.69, 9.17) is 9.47 Å². The topological polar surface area (TPSA) is 59.6 Å². The molecular weight excluding hydrogens is 220 g/mol. The molecule has 0 aromatic heterocycles. The Hall–Kier alpha value is -0.650. The SMILES string of the molecule is COCCNC(=O)CNC(C)CC(C)(C)OC. The maximum Gasteiger partial charge on any atom is 0.234 e. The number of methoxy groups -OCH3 is 2. The molecule has 0 saturated heterocycles. The van der Waals surface area contributed by atoms with Crippen LogP contribution < -0.4 is 10.6 Å². The summed E-state index contributed by atoms with van der Waals surface area (Å²) in [5.41, 5.74) is -0.168. The van der Waals surface area contributed by atoms with Crippen LogP contribution >= 0.6 is 0 Å². The van der Waals surface area contributed by atoms with Gasteiger partial charge in [0, 0.05) is 26.8 Å². The summed E-state index contributed by atoms with van der Waals surface area (Å²) in [5, 5.41) is 5.92. The molecule has 0 aliphatic rings. The first-order valence-corrected chi connectivity index (χ1v) is 5.95. The Kier molecular flexibility index (Phi) is 8.12. The van der Waals surface area contributed by atoms with Crippen LogP contribution in [0.5, 0.6) is 0 Å². The lowest BCUT2D eigenvalue weighted by atomic mass is 10.00. The third-order valence-electron chi connectivity index (χ3n) is 2.59. The summed E-state index contributed by atoms with van der Waals surface area (Å²) in [6.07, 6.45) is 0.856. The van der Waals surface area contributed by atoms with Crippen LogP contribution in [-0.4, -0.2) is 51.5 Å². The van der Waals surface area contributed by atoms with E-state index in [2.05, 4.69) is 10.6 Å². The number of hydrogen-bond acceptors (Lipinski definition) is 4. The van der Waals surface area contributed by atoms with E-state index in [1.807, 2.05) is 20.8 Å². The van der Waals surface area contributed by atoms with E-state index in [-0.39, 0.29) is 17.6 Å². The summed E-state index contributed by atoms with van der Waals surface area (Å²) in [5.74, 6) is -0.0101. The van der Waals surface area contributed by atoms with Crippen molar-refractivity contribution in [1.82, 2.24) is 10.6 Å². The monoisotopic (exact) mass is 246 g/mol. The lowest BCUT2D eigenvalue weighted by molar-refractivity contribution is -0.120. The summed E-state index contributed by atoms with van der Waals surface area (Å²) in [4.78, 5) is 11.4. The summed E-state index contributed by atoms with van der Waals surface area (Å²) in [6, 6.07) is 0.234. The quantitative estimate of drug-likeness (QED) is 0.583. The van der Waals surface area contributed by atoms with E-state index in [0.717, 1.165) is 6.42 Å². The fourth-order valence-electron chi connectivity index (χ4n) is 1.51. The first kappa shape index (κ1) is 16.4. The molecule has 1 unspecified atom stereocenters. The molecule has 0 rings (SSSR count). The Morgan fingerprint density at radius 1 is 1.35 bits per heavy atom. The maximum absolute atomic E-state index is 11.4. The van der Waals surface area contributed by atoms with Gasteiger partial charge in [0.2, 0.25) is 5.91 Å². The molecule has 0 aliphatic heterocycles. The lowest BCUT2D eigenvalue weighted by Crippen LogP contribution is -2.42. The highest BCUT2D eigenvalue weighted by atomic mass is 16.5. The number of carbonyl (C=O) groups excluding carboxylic acids is 1. The van der Waals surface area contributed by atoms with Crippen LogP contribution in [0.15, 0.2) is 0 Å². The first-order chi connectivity index (χ1) is 7.91. The van der Waals surface area contributed by atoms with E-state index in [1.165, 1.54) is 0 Å². The third kappa shape index (κ3) is 9.09. The Bertz CT molecular complexity index is 220. The van der Waals surface area contributed by atoms with E-state index in [9.17, 15) is 4.79 Å². The molecule has 0 aromatic carbocycles. The average molecular weight is 246 g/mol. The van der Waals surface area contributed by atoms with E-state index in [1.54, 1.807) is 14.2 Å². The summed E-state index contributed by atoms with van der Waals surface area (Å²) in [6.45, 7) is 7.52. The van der Waals surface area contributed by atoms with Gasteiger partial charge in [0.05, 0.1) is 18.8 Å². The van der Waals surface area contributed by atoms with Crippen molar-refractivity contribution >= 4 is 5.91 Å². The van der Waals surface area contributed by atoms with Gasteiger partial charge in [-0.3, -0.25) is 4.79 Å². The number of hydrogen-bond donors (Lipinski definition) is 2. The minimum atomic E-state index is -0.168. The van der Waals surface area contributed by atoms with Crippen molar-refractivity contribution in [2.75, 3.05) is 33.9 Å². The van der Waals surface area contributed by atoms with Gasteiger partial charge in [0.1, 0.15) is 0 Å². The second-order valence-corrected chi connectivity index (χ2v) is 4.79. The average Bonchev–Trinajstić information content (AvgIpc) is 2.26. The Balaban J connectivity index is 3.69. The predicted octanol–water partition coefficient (Wildman–Crippen LogP) is 0.542. The largest absolute Gasteiger partial charge is 0.383 e. The minimum absolute atomic E-state index is 0.0101. The summed E-state index contributed by atoms with van der Waals surface area (Å²) in [7, 11) is 3.31. The van der Waals surface area contributed by atoms with Crippen LogP contribution in [0.4, 0.5) is 0 Å². The second-order valence-electron chi connectivity index (χ2n) is 4.79. The third-order valence-corrected chi connectivity index (χ3v) is 2.59.